The molecule has 1 rings (SSSR count). The van der Waals surface area contributed by atoms with Gasteiger partial charge in [-0.1, -0.05) is 38.1 Å². The number of likely N-dealkylation sites (N-methyl/N-ethyl adjacent to an activating group) is 1. The fourth-order valence-corrected chi connectivity index (χ4v) is 1.84. The number of amides is 1. The second-order valence-electron chi connectivity index (χ2n) is 5.39. The van der Waals surface area contributed by atoms with Crippen LogP contribution in [0.25, 0.3) is 0 Å². The van der Waals surface area contributed by atoms with Crippen LogP contribution in [0.2, 0.25) is 0 Å². The van der Waals surface area contributed by atoms with Crippen LogP contribution in [0.3, 0.4) is 0 Å². The van der Waals surface area contributed by atoms with Crippen LogP contribution >= 0.6 is 0 Å². The highest BCUT2D eigenvalue weighted by Gasteiger charge is 2.07. The van der Waals surface area contributed by atoms with Crippen molar-refractivity contribution in [3.63, 3.8) is 0 Å². The minimum atomic E-state index is 0.0752. The Morgan fingerprint density at radius 2 is 2.05 bits per heavy atom. The van der Waals surface area contributed by atoms with Gasteiger partial charge in [0.1, 0.15) is 0 Å². The predicted octanol–water partition coefficient (Wildman–Crippen LogP) is 1.35. The van der Waals surface area contributed by atoms with E-state index in [1.54, 1.807) is 0 Å². The minimum Gasteiger partial charge on any atom is -0.355 e. The zero-order valence-corrected chi connectivity index (χ0v) is 12.1. The van der Waals surface area contributed by atoms with Gasteiger partial charge in [0.2, 0.25) is 5.91 Å². The highest BCUT2D eigenvalue weighted by Crippen LogP contribution is 2.07. The maximum Gasteiger partial charge on any atom is 0.234 e. The van der Waals surface area contributed by atoms with E-state index in [-0.39, 0.29) is 5.91 Å². The molecule has 19 heavy (non-hydrogen) atoms. The van der Waals surface area contributed by atoms with Gasteiger partial charge >= 0.3 is 0 Å². The smallest absolute Gasteiger partial charge is 0.234 e. The van der Waals surface area contributed by atoms with E-state index >= 15 is 0 Å². The molecule has 4 heteroatoms. The van der Waals surface area contributed by atoms with Gasteiger partial charge in [0.15, 0.2) is 0 Å². The van der Waals surface area contributed by atoms with Crippen molar-refractivity contribution < 1.29 is 4.79 Å². The van der Waals surface area contributed by atoms with Crippen molar-refractivity contribution in [2.24, 2.45) is 11.7 Å². The minimum absolute atomic E-state index is 0.0752. The largest absolute Gasteiger partial charge is 0.355 e. The van der Waals surface area contributed by atoms with Gasteiger partial charge in [-0.05, 0) is 24.1 Å². The van der Waals surface area contributed by atoms with Crippen LogP contribution in [-0.4, -0.2) is 30.9 Å². The van der Waals surface area contributed by atoms with Crippen LogP contribution in [0.4, 0.5) is 0 Å². The van der Waals surface area contributed by atoms with Crippen molar-refractivity contribution in [1.29, 1.82) is 0 Å². The first-order valence-corrected chi connectivity index (χ1v) is 6.74. The molecule has 1 aromatic rings. The van der Waals surface area contributed by atoms with Crippen molar-refractivity contribution in [2.45, 2.75) is 26.9 Å². The molecule has 1 amide bonds. The van der Waals surface area contributed by atoms with E-state index in [1.807, 2.05) is 24.1 Å². The number of hydrogen-bond donors (Lipinski definition) is 2. The number of carbonyl (C=O) groups excluding carboxylic acids is 1. The van der Waals surface area contributed by atoms with Gasteiger partial charge in [-0.2, -0.15) is 0 Å². The highest BCUT2D eigenvalue weighted by atomic mass is 16.2. The molecule has 3 N–H and O–H groups in total. The Hall–Kier alpha value is -1.39. The Kier molecular flexibility index (Phi) is 6.53. The zero-order chi connectivity index (χ0) is 14.3. The van der Waals surface area contributed by atoms with Crippen molar-refractivity contribution >= 4 is 5.91 Å². The summed E-state index contributed by atoms with van der Waals surface area (Å²) in [5.74, 6) is 0.557. The van der Waals surface area contributed by atoms with Crippen molar-refractivity contribution in [3.8, 4) is 0 Å². The van der Waals surface area contributed by atoms with Crippen molar-refractivity contribution in [3.05, 3.63) is 35.4 Å². The Bertz CT molecular complexity index is 404. The third-order valence-corrected chi connectivity index (χ3v) is 2.80. The summed E-state index contributed by atoms with van der Waals surface area (Å²) in [6.45, 7) is 6.62. The average molecular weight is 263 g/mol. The predicted molar refractivity (Wildman–Crippen MR) is 78.5 cm³/mol. The molecule has 106 valence electrons. The van der Waals surface area contributed by atoms with Gasteiger partial charge in [-0.25, -0.2) is 0 Å². The Labute approximate surface area is 116 Å². The van der Waals surface area contributed by atoms with Gasteiger partial charge in [0.25, 0.3) is 0 Å². The van der Waals surface area contributed by atoms with Gasteiger partial charge < -0.3 is 11.1 Å². The number of nitrogens with zero attached hydrogens (tertiary/aromatic N) is 1. The van der Waals surface area contributed by atoms with E-state index < -0.39 is 0 Å². The fraction of sp³-hybridized carbons (Fsp3) is 0.533. The zero-order valence-electron chi connectivity index (χ0n) is 12.1. The van der Waals surface area contributed by atoms with Crippen LogP contribution < -0.4 is 11.1 Å². The summed E-state index contributed by atoms with van der Waals surface area (Å²) in [7, 11) is 1.95. The molecule has 0 radical (unpaired) electrons. The topological polar surface area (TPSA) is 58.4 Å². The summed E-state index contributed by atoms with van der Waals surface area (Å²) in [6.07, 6.45) is 0. The van der Waals surface area contributed by atoms with Gasteiger partial charge in [-0.15, -0.1) is 0 Å². The third kappa shape index (κ3) is 6.36. The van der Waals surface area contributed by atoms with Crippen LogP contribution in [0.1, 0.15) is 25.0 Å². The molecule has 0 bridgehead atoms. The monoisotopic (exact) mass is 263 g/mol. The van der Waals surface area contributed by atoms with E-state index in [2.05, 4.69) is 31.3 Å². The molecular formula is C15H25N3O. The van der Waals surface area contributed by atoms with Crippen molar-refractivity contribution in [1.82, 2.24) is 10.2 Å². The Morgan fingerprint density at radius 3 is 2.68 bits per heavy atom. The number of hydrogen-bond acceptors (Lipinski definition) is 3. The quantitative estimate of drug-likeness (QED) is 0.780. The molecule has 0 saturated carbocycles. The average Bonchev–Trinajstić information content (AvgIpc) is 2.36. The Morgan fingerprint density at radius 1 is 1.37 bits per heavy atom. The fourth-order valence-electron chi connectivity index (χ4n) is 1.84. The van der Waals surface area contributed by atoms with Crippen LogP contribution in [0, 0.1) is 5.92 Å². The number of benzene rings is 1. The van der Waals surface area contributed by atoms with Crippen LogP contribution in [0.5, 0.6) is 0 Å². The lowest BCUT2D eigenvalue weighted by Gasteiger charge is -2.17. The number of rotatable bonds is 7. The SMILES string of the molecule is CC(C)CNC(=O)CN(C)Cc1cccc(CN)c1. The molecular weight excluding hydrogens is 238 g/mol. The van der Waals surface area contributed by atoms with E-state index in [0.717, 1.165) is 18.7 Å². The molecule has 0 fully saturated rings. The maximum atomic E-state index is 11.7. The molecule has 4 nitrogen and oxygen atoms in total. The lowest BCUT2D eigenvalue weighted by molar-refractivity contribution is -0.122. The van der Waals surface area contributed by atoms with E-state index in [4.69, 9.17) is 5.73 Å². The number of carbonyl (C=O) groups is 1. The molecule has 0 saturated heterocycles. The molecule has 0 aliphatic carbocycles. The summed E-state index contributed by atoms with van der Waals surface area (Å²) in [4.78, 5) is 13.7. The van der Waals surface area contributed by atoms with Gasteiger partial charge in [0, 0.05) is 19.6 Å². The third-order valence-electron chi connectivity index (χ3n) is 2.80. The standard InChI is InChI=1S/C15H25N3O/c1-12(2)9-17-15(19)11-18(3)10-14-6-4-5-13(7-14)8-16/h4-7,12H,8-11,16H2,1-3H3,(H,17,19). The van der Waals surface area contributed by atoms with E-state index in [0.29, 0.717) is 19.0 Å². The van der Waals surface area contributed by atoms with E-state index in [9.17, 15) is 4.79 Å². The van der Waals surface area contributed by atoms with Gasteiger partial charge in [-0.3, -0.25) is 9.69 Å². The second-order valence-corrected chi connectivity index (χ2v) is 5.39. The first-order valence-electron chi connectivity index (χ1n) is 6.74. The molecule has 0 spiro atoms. The summed E-state index contributed by atoms with van der Waals surface area (Å²) in [5, 5.41) is 2.92. The summed E-state index contributed by atoms with van der Waals surface area (Å²) >= 11 is 0. The molecule has 1 aromatic carbocycles. The first-order chi connectivity index (χ1) is 9.01. The van der Waals surface area contributed by atoms with Crippen LogP contribution in [-0.2, 0) is 17.9 Å². The van der Waals surface area contributed by atoms with Gasteiger partial charge in [0.05, 0.1) is 6.54 Å². The summed E-state index contributed by atoms with van der Waals surface area (Å²) in [5.41, 5.74) is 7.92. The summed E-state index contributed by atoms with van der Waals surface area (Å²) < 4.78 is 0. The maximum absolute atomic E-state index is 11.7. The lowest BCUT2D eigenvalue weighted by atomic mass is 10.1. The number of nitrogens with one attached hydrogen (secondary N) is 1. The summed E-state index contributed by atoms with van der Waals surface area (Å²) in [6, 6.07) is 8.16. The molecule has 0 unspecified atom stereocenters. The first kappa shape index (κ1) is 15.7. The highest BCUT2D eigenvalue weighted by molar-refractivity contribution is 5.77. The number of nitrogens with two attached hydrogens (primary N) is 1. The molecule has 0 atom stereocenters. The molecule has 0 heterocycles. The van der Waals surface area contributed by atoms with E-state index in [1.165, 1.54) is 5.56 Å². The normalized spacial score (nSPS) is 11.1. The second kappa shape index (κ2) is 7.92. The Balaban J connectivity index is 2.41. The molecule has 0 aromatic heterocycles. The molecule has 0 aliphatic heterocycles. The lowest BCUT2D eigenvalue weighted by Crippen LogP contribution is -2.36. The van der Waals surface area contributed by atoms with Crippen LogP contribution in [0.15, 0.2) is 24.3 Å². The van der Waals surface area contributed by atoms with Crippen molar-refractivity contribution in [2.75, 3.05) is 20.1 Å². The molecule has 0 aliphatic rings.